The third-order valence-electron chi connectivity index (χ3n) is 2.57. The van der Waals surface area contributed by atoms with Gasteiger partial charge in [0.2, 0.25) is 10.0 Å². The average Bonchev–Trinajstić information content (AvgIpc) is 2.87. The fourth-order valence-corrected chi connectivity index (χ4v) is 2.08. The fraction of sp³-hybridized carbons (Fsp3) is 0.182. The number of hydrogen-bond acceptors (Lipinski definition) is 6. The van der Waals surface area contributed by atoms with Crippen molar-refractivity contribution < 1.29 is 13.2 Å². The van der Waals surface area contributed by atoms with Crippen molar-refractivity contribution in [3.05, 3.63) is 36.2 Å². The first-order valence-corrected chi connectivity index (χ1v) is 7.49. The second-order valence-electron chi connectivity index (χ2n) is 4.18. The number of sulfonamides is 1. The van der Waals surface area contributed by atoms with Gasteiger partial charge in [-0.3, -0.25) is 9.48 Å². The second-order valence-corrected chi connectivity index (χ2v) is 5.74. The minimum atomic E-state index is -3.75. The van der Waals surface area contributed by atoms with Crippen LogP contribution in [0.3, 0.4) is 0 Å². The summed E-state index contributed by atoms with van der Waals surface area (Å²) in [5, 5.41) is 15.0. The molecular formula is C11H14N6O3S. The van der Waals surface area contributed by atoms with E-state index < -0.39 is 15.9 Å². The van der Waals surface area contributed by atoms with Crippen LogP contribution < -0.4 is 16.2 Å². The lowest BCUT2D eigenvalue weighted by molar-refractivity contribution is 0.102. The Balaban J connectivity index is 2.08. The van der Waals surface area contributed by atoms with Gasteiger partial charge in [0, 0.05) is 12.2 Å². The van der Waals surface area contributed by atoms with Crippen LogP contribution in [0.5, 0.6) is 0 Å². The summed E-state index contributed by atoms with van der Waals surface area (Å²) >= 11 is 0. The average molecular weight is 310 g/mol. The number of benzene rings is 1. The number of hydrogen-bond donors (Lipinski definition) is 3. The summed E-state index contributed by atoms with van der Waals surface area (Å²) in [6.07, 6.45) is 1.47. The first-order chi connectivity index (χ1) is 9.90. The molecule has 0 atom stereocenters. The second kappa shape index (κ2) is 5.99. The van der Waals surface area contributed by atoms with Crippen molar-refractivity contribution in [3.8, 4) is 0 Å². The Hall–Kier alpha value is -2.30. The number of rotatable bonds is 5. The molecule has 2 rings (SSSR count). The Bertz CT molecular complexity index is 738. The van der Waals surface area contributed by atoms with Crippen LogP contribution in [0.25, 0.3) is 0 Å². The standard InChI is InChI=1S/C11H14N6O3S/c12-5-6-17-7-10(15-16-17)11(18)14-8-1-3-9(4-2-8)21(13,19)20/h1-4,7H,5-6,12H2,(H,14,18)(H2,13,19,20). The predicted molar refractivity (Wildman–Crippen MR) is 74.8 cm³/mol. The van der Waals surface area contributed by atoms with E-state index in [4.69, 9.17) is 10.9 Å². The molecule has 0 radical (unpaired) electrons. The number of nitrogens with two attached hydrogens (primary N) is 2. The lowest BCUT2D eigenvalue weighted by Gasteiger charge is -2.03. The van der Waals surface area contributed by atoms with Gasteiger partial charge in [-0.25, -0.2) is 13.6 Å². The summed E-state index contributed by atoms with van der Waals surface area (Å²) in [6, 6.07) is 5.47. The van der Waals surface area contributed by atoms with Gasteiger partial charge in [-0.1, -0.05) is 5.21 Å². The summed E-state index contributed by atoms with van der Waals surface area (Å²) in [6.45, 7) is 0.850. The molecule has 0 fully saturated rings. The van der Waals surface area contributed by atoms with E-state index in [2.05, 4.69) is 15.6 Å². The van der Waals surface area contributed by atoms with Crippen LogP contribution in [-0.2, 0) is 16.6 Å². The van der Waals surface area contributed by atoms with Gasteiger partial charge in [-0.05, 0) is 24.3 Å². The van der Waals surface area contributed by atoms with Crippen molar-refractivity contribution in [2.24, 2.45) is 10.9 Å². The van der Waals surface area contributed by atoms with Crippen LogP contribution in [0, 0.1) is 0 Å². The molecule has 0 saturated carbocycles. The maximum atomic E-state index is 11.9. The number of carbonyl (C=O) groups is 1. The van der Waals surface area contributed by atoms with Crippen LogP contribution in [0.15, 0.2) is 35.4 Å². The SMILES string of the molecule is NCCn1cc(C(=O)Nc2ccc(S(N)(=O)=O)cc2)nn1. The van der Waals surface area contributed by atoms with E-state index in [1.807, 2.05) is 0 Å². The number of aromatic nitrogens is 3. The Kier molecular flexibility index (Phi) is 4.31. The van der Waals surface area contributed by atoms with Crippen molar-refractivity contribution in [1.82, 2.24) is 15.0 Å². The first kappa shape index (κ1) is 15.1. The summed E-state index contributed by atoms with van der Waals surface area (Å²) in [5.41, 5.74) is 5.93. The fourth-order valence-electron chi connectivity index (χ4n) is 1.57. The van der Waals surface area contributed by atoms with Crippen molar-refractivity contribution in [3.63, 3.8) is 0 Å². The summed E-state index contributed by atoms with van der Waals surface area (Å²) in [7, 11) is -3.75. The van der Waals surface area contributed by atoms with Gasteiger partial charge in [-0.2, -0.15) is 0 Å². The largest absolute Gasteiger partial charge is 0.329 e. The molecule has 1 heterocycles. The third-order valence-corrected chi connectivity index (χ3v) is 3.50. The zero-order valence-electron chi connectivity index (χ0n) is 10.9. The van der Waals surface area contributed by atoms with E-state index in [-0.39, 0.29) is 10.6 Å². The smallest absolute Gasteiger partial charge is 0.277 e. The molecule has 0 spiro atoms. The zero-order valence-corrected chi connectivity index (χ0v) is 11.7. The van der Waals surface area contributed by atoms with Crippen LogP contribution >= 0.6 is 0 Å². The monoisotopic (exact) mass is 310 g/mol. The molecule has 2 aromatic rings. The molecule has 5 N–H and O–H groups in total. The molecule has 10 heteroatoms. The molecule has 0 aliphatic carbocycles. The van der Waals surface area contributed by atoms with E-state index in [1.54, 1.807) is 0 Å². The molecule has 1 aromatic carbocycles. The maximum Gasteiger partial charge on any atom is 0.277 e. The Labute approximate surface area is 121 Å². The summed E-state index contributed by atoms with van der Waals surface area (Å²) < 4.78 is 23.7. The van der Waals surface area contributed by atoms with E-state index in [0.29, 0.717) is 18.8 Å². The van der Waals surface area contributed by atoms with Gasteiger partial charge < -0.3 is 11.1 Å². The highest BCUT2D eigenvalue weighted by atomic mass is 32.2. The molecule has 21 heavy (non-hydrogen) atoms. The topological polar surface area (TPSA) is 146 Å². The molecule has 112 valence electrons. The summed E-state index contributed by atoms with van der Waals surface area (Å²) in [5.74, 6) is -0.457. The number of primary sulfonamides is 1. The first-order valence-electron chi connectivity index (χ1n) is 5.94. The third kappa shape index (κ3) is 3.84. The quantitative estimate of drug-likeness (QED) is 0.654. The number of amides is 1. The molecule has 0 aliphatic heterocycles. The van der Waals surface area contributed by atoms with Crippen molar-refractivity contribution in [1.29, 1.82) is 0 Å². The van der Waals surface area contributed by atoms with Gasteiger partial charge in [0.15, 0.2) is 5.69 Å². The Morgan fingerprint density at radius 2 is 1.95 bits per heavy atom. The molecular weight excluding hydrogens is 296 g/mol. The summed E-state index contributed by atoms with van der Waals surface area (Å²) in [4.78, 5) is 11.9. The van der Waals surface area contributed by atoms with Crippen LogP contribution in [0.1, 0.15) is 10.5 Å². The zero-order chi connectivity index (χ0) is 15.5. The van der Waals surface area contributed by atoms with Crippen molar-refractivity contribution >= 4 is 21.6 Å². The Morgan fingerprint density at radius 3 is 2.52 bits per heavy atom. The number of nitrogens with one attached hydrogen (secondary N) is 1. The molecule has 0 saturated heterocycles. The highest BCUT2D eigenvalue weighted by molar-refractivity contribution is 7.89. The van der Waals surface area contributed by atoms with Crippen LogP contribution in [-0.4, -0.2) is 35.9 Å². The van der Waals surface area contributed by atoms with Crippen LogP contribution in [0.2, 0.25) is 0 Å². The van der Waals surface area contributed by atoms with E-state index in [9.17, 15) is 13.2 Å². The minimum Gasteiger partial charge on any atom is -0.329 e. The van der Waals surface area contributed by atoms with Gasteiger partial charge >= 0.3 is 0 Å². The highest BCUT2D eigenvalue weighted by Gasteiger charge is 2.12. The van der Waals surface area contributed by atoms with Gasteiger partial charge in [0.1, 0.15) is 0 Å². The normalized spacial score (nSPS) is 11.3. The van der Waals surface area contributed by atoms with Crippen molar-refractivity contribution in [2.45, 2.75) is 11.4 Å². The molecule has 1 aromatic heterocycles. The molecule has 0 aliphatic rings. The number of anilines is 1. The lowest BCUT2D eigenvalue weighted by Crippen LogP contribution is -2.14. The maximum absolute atomic E-state index is 11.9. The van der Waals surface area contributed by atoms with Crippen molar-refractivity contribution in [2.75, 3.05) is 11.9 Å². The van der Waals surface area contributed by atoms with Crippen LogP contribution in [0.4, 0.5) is 5.69 Å². The lowest BCUT2D eigenvalue weighted by atomic mass is 10.3. The Morgan fingerprint density at radius 1 is 1.29 bits per heavy atom. The van der Waals surface area contributed by atoms with Gasteiger partial charge in [-0.15, -0.1) is 5.10 Å². The molecule has 0 bridgehead atoms. The minimum absolute atomic E-state index is 0.0330. The van der Waals surface area contributed by atoms with E-state index in [0.717, 1.165) is 0 Å². The predicted octanol–water partition coefficient (Wildman–Crippen LogP) is -0.863. The number of carbonyl (C=O) groups excluding carboxylic acids is 1. The molecule has 1 amide bonds. The van der Waals surface area contributed by atoms with E-state index in [1.165, 1.54) is 35.1 Å². The molecule has 0 unspecified atom stereocenters. The van der Waals surface area contributed by atoms with Gasteiger partial charge in [0.05, 0.1) is 17.6 Å². The number of nitrogens with zero attached hydrogens (tertiary/aromatic N) is 3. The molecule has 9 nitrogen and oxygen atoms in total. The highest BCUT2D eigenvalue weighted by Crippen LogP contribution is 2.13. The van der Waals surface area contributed by atoms with Gasteiger partial charge in [0.25, 0.3) is 5.91 Å². The van der Waals surface area contributed by atoms with E-state index >= 15 is 0 Å².